The first-order valence-electron chi connectivity index (χ1n) is 15.6. The Morgan fingerprint density at radius 1 is 1.15 bits per heavy atom. The van der Waals surface area contributed by atoms with Crippen molar-refractivity contribution in [1.29, 1.82) is 5.26 Å². The summed E-state index contributed by atoms with van der Waals surface area (Å²) in [5.41, 5.74) is 0.0295. The third-order valence-corrected chi connectivity index (χ3v) is 9.61. The number of rotatable bonds is 14. The minimum absolute atomic E-state index is 0. The molecule has 0 aliphatic carbocycles. The van der Waals surface area contributed by atoms with Crippen molar-refractivity contribution in [2.75, 3.05) is 38.6 Å². The molecule has 18 heteroatoms. The zero-order valence-corrected chi connectivity index (χ0v) is 31.4. The van der Waals surface area contributed by atoms with Crippen LogP contribution in [0.5, 0.6) is 0 Å². The summed E-state index contributed by atoms with van der Waals surface area (Å²) in [6.07, 6.45) is 1.82. The van der Waals surface area contributed by atoms with Crippen molar-refractivity contribution in [1.82, 2.24) is 10.3 Å². The lowest BCUT2D eigenvalue weighted by Crippen LogP contribution is -3.00. The van der Waals surface area contributed by atoms with E-state index in [9.17, 15) is 19.1 Å². The van der Waals surface area contributed by atoms with Crippen LogP contribution < -0.4 is 23.0 Å². The van der Waals surface area contributed by atoms with Gasteiger partial charge in [0.25, 0.3) is 0 Å². The van der Waals surface area contributed by atoms with Gasteiger partial charge < -0.3 is 32.3 Å². The Morgan fingerprint density at radius 2 is 1.91 bits per heavy atom. The van der Waals surface area contributed by atoms with Gasteiger partial charge >= 0.3 is 12.1 Å². The van der Waals surface area contributed by atoms with Crippen molar-refractivity contribution in [2.24, 2.45) is 10.1 Å². The Labute approximate surface area is 325 Å². The number of nitriles is 1. The van der Waals surface area contributed by atoms with Gasteiger partial charge in [-0.3, -0.25) is 10.1 Å². The second-order valence-electron chi connectivity index (χ2n) is 11.6. The number of halogens is 5. The molecule has 3 atom stereocenters. The first-order valence-corrected chi connectivity index (χ1v) is 16.8. The smallest absolute Gasteiger partial charge is 0.411 e. The van der Waals surface area contributed by atoms with Gasteiger partial charge in [-0.2, -0.15) is 10.3 Å². The molecular formula is C35H34Cl3F2N7O5S. The van der Waals surface area contributed by atoms with E-state index in [1.165, 1.54) is 24.0 Å². The van der Waals surface area contributed by atoms with Gasteiger partial charge in [-0.25, -0.2) is 18.6 Å². The van der Waals surface area contributed by atoms with Crippen LogP contribution in [0.4, 0.5) is 19.3 Å². The van der Waals surface area contributed by atoms with Gasteiger partial charge in [0.05, 0.1) is 34.6 Å². The van der Waals surface area contributed by atoms with Crippen molar-refractivity contribution >= 4 is 65.8 Å². The SMILES string of the molecule is CNCC(=O)OCc1c(Cl)cccc1NC(=O)OCC[N+]1(C[C@](O)(c2cc(F)ccc2F)[C@@H](C)c2nc(-c3ccc(C#N)cc3)cs2)C=NC=N1.Cl.[Cl-]. The molecule has 1 aliphatic heterocycles. The fourth-order valence-electron chi connectivity index (χ4n) is 5.45. The summed E-state index contributed by atoms with van der Waals surface area (Å²) in [4.78, 5) is 33.6. The van der Waals surface area contributed by atoms with Crippen LogP contribution in [0.3, 0.4) is 0 Å². The number of esters is 1. The van der Waals surface area contributed by atoms with Crippen LogP contribution in [0.1, 0.15) is 34.5 Å². The minimum atomic E-state index is -2.09. The number of thiazole rings is 1. The van der Waals surface area contributed by atoms with Crippen molar-refractivity contribution < 1.29 is 49.9 Å². The van der Waals surface area contributed by atoms with Crippen molar-refractivity contribution in [3.63, 3.8) is 0 Å². The molecule has 0 saturated heterocycles. The van der Waals surface area contributed by atoms with Crippen molar-refractivity contribution in [2.45, 2.75) is 25.0 Å². The lowest BCUT2D eigenvalue weighted by Gasteiger charge is -2.38. The molecule has 53 heavy (non-hydrogen) atoms. The van der Waals surface area contributed by atoms with Crippen molar-refractivity contribution in [3.05, 3.63) is 104 Å². The minimum Gasteiger partial charge on any atom is -1.00 e. The molecule has 2 heterocycles. The molecule has 12 nitrogen and oxygen atoms in total. The average Bonchev–Trinajstić information content (AvgIpc) is 3.79. The standard InChI is InChI=1S/C35H32ClF2N7O5S.2ClH/c1-22(33-43-31(18-51-33)24-8-6-23(15-39)7-9-24)35(48,27-14-25(37)10-11-29(27)38)19-45(21-41-20-42-45)12-13-49-34(47)44-30-5-3-4-28(36)26(30)17-50-32(46)16-40-2;;/h3-11,14,18,20-22,40,48H,12-13,16-17,19H2,1-2H3;2*1H/t22-,35+,45?;;/m0../s1. The number of benzene rings is 3. The fourth-order valence-corrected chi connectivity index (χ4v) is 6.65. The van der Waals surface area contributed by atoms with Crippen molar-refractivity contribution in [3.8, 4) is 17.3 Å². The molecular weight excluding hydrogens is 775 g/mol. The van der Waals surface area contributed by atoms with Gasteiger partial charge in [0.15, 0.2) is 11.9 Å². The quantitative estimate of drug-likeness (QED) is 0.129. The fraction of sp³-hybridized carbons (Fsp3) is 0.257. The monoisotopic (exact) mass is 807 g/mol. The molecule has 0 fully saturated rings. The number of likely N-dealkylation sites (N-methyl/N-ethyl adjacent to an activating group) is 1. The summed E-state index contributed by atoms with van der Waals surface area (Å²) in [6, 6.07) is 16.5. The van der Waals surface area contributed by atoms with E-state index in [0.717, 1.165) is 23.8 Å². The molecule has 4 aromatic rings. The maximum absolute atomic E-state index is 15.5. The van der Waals surface area contributed by atoms with Crippen LogP contribution >= 0.6 is 35.3 Å². The molecule has 280 valence electrons. The Hall–Kier alpha value is -4.53. The molecule has 0 saturated carbocycles. The molecule has 1 unspecified atom stereocenters. The number of hydrogen-bond acceptors (Lipinski definition) is 11. The second kappa shape index (κ2) is 19.0. The Balaban J connectivity index is 0.00000378. The molecule has 5 rings (SSSR count). The molecule has 3 aromatic carbocycles. The first kappa shape index (κ1) is 42.9. The number of ether oxygens (including phenoxy) is 2. The number of nitrogens with one attached hydrogen (secondary N) is 2. The Kier molecular flexibility index (Phi) is 15.4. The largest absolute Gasteiger partial charge is 1.00 e. The summed E-state index contributed by atoms with van der Waals surface area (Å²) in [5.74, 6) is -2.99. The van der Waals surface area contributed by atoms with E-state index in [2.05, 4.69) is 26.8 Å². The number of nitrogens with zero attached hydrogens (tertiary/aromatic N) is 5. The summed E-state index contributed by atoms with van der Waals surface area (Å²) in [5, 5.41) is 33.8. The molecule has 1 aliphatic rings. The van der Waals surface area contributed by atoms with E-state index < -0.39 is 39.8 Å². The number of quaternary nitrogens is 1. The molecule has 0 bridgehead atoms. The molecule has 3 N–H and O–H groups in total. The van der Waals surface area contributed by atoms with Crippen LogP contribution in [-0.2, 0) is 26.5 Å². The lowest BCUT2D eigenvalue weighted by molar-refractivity contribution is -0.848. The molecule has 1 amide bonds. The average molecular weight is 809 g/mol. The van der Waals surface area contributed by atoms with E-state index in [1.807, 2.05) is 0 Å². The van der Waals surface area contributed by atoms with E-state index in [0.29, 0.717) is 21.8 Å². The van der Waals surface area contributed by atoms with Crippen LogP contribution in [0.25, 0.3) is 11.3 Å². The van der Waals surface area contributed by atoms with E-state index in [-0.39, 0.29) is 73.9 Å². The summed E-state index contributed by atoms with van der Waals surface area (Å²) >= 11 is 7.54. The highest BCUT2D eigenvalue weighted by Crippen LogP contribution is 2.42. The molecule has 0 radical (unpaired) electrons. The summed E-state index contributed by atoms with van der Waals surface area (Å²) < 4.78 is 40.3. The zero-order valence-electron chi connectivity index (χ0n) is 28.3. The predicted molar refractivity (Wildman–Crippen MR) is 195 cm³/mol. The van der Waals surface area contributed by atoms with Gasteiger partial charge in [0, 0.05) is 33.0 Å². The number of carbonyl (C=O) groups excluding carboxylic acids is 2. The normalized spacial score (nSPS) is 16.0. The highest BCUT2D eigenvalue weighted by Gasteiger charge is 2.49. The van der Waals surface area contributed by atoms with E-state index >= 15 is 4.39 Å². The van der Waals surface area contributed by atoms with Gasteiger partial charge in [-0.1, -0.05) is 41.8 Å². The third kappa shape index (κ3) is 10.3. The third-order valence-electron chi connectivity index (χ3n) is 8.22. The maximum atomic E-state index is 15.5. The van der Waals surface area contributed by atoms with Crippen LogP contribution in [0.2, 0.25) is 5.02 Å². The van der Waals surface area contributed by atoms with Gasteiger partial charge in [-0.15, -0.1) is 28.3 Å². The second-order valence-corrected chi connectivity index (χ2v) is 12.9. The van der Waals surface area contributed by atoms with Gasteiger partial charge in [0.2, 0.25) is 6.34 Å². The Morgan fingerprint density at radius 3 is 2.58 bits per heavy atom. The molecule has 1 aromatic heterocycles. The number of aliphatic hydroxyl groups is 1. The summed E-state index contributed by atoms with van der Waals surface area (Å²) in [7, 11) is 1.60. The highest BCUT2D eigenvalue weighted by molar-refractivity contribution is 7.10. The number of hydrogen-bond donors (Lipinski definition) is 3. The van der Waals surface area contributed by atoms with E-state index in [4.69, 9.17) is 31.3 Å². The highest BCUT2D eigenvalue weighted by atomic mass is 35.5. The predicted octanol–water partition coefficient (Wildman–Crippen LogP) is 3.34. The van der Waals surface area contributed by atoms with Gasteiger partial charge in [0.1, 0.15) is 37.9 Å². The zero-order chi connectivity index (χ0) is 36.6. The topological polar surface area (TPSA) is 158 Å². The summed E-state index contributed by atoms with van der Waals surface area (Å²) in [6.45, 7) is 0.840. The maximum Gasteiger partial charge on any atom is 0.411 e. The van der Waals surface area contributed by atoms with E-state index in [1.54, 1.807) is 61.8 Å². The number of aromatic nitrogens is 1. The first-order chi connectivity index (χ1) is 24.5. The lowest BCUT2D eigenvalue weighted by atomic mass is 9.81. The number of carbonyl (C=O) groups is 2. The number of anilines is 1. The van der Waals surface area contributed by atoms with Crippen LogP contribution in [0, 0.1) is 23.0 Å². The number of amides is 1. The van der Waals surface area contributed by atoms with Crippen LogP contribution in [0.15, 0.2) is 76.1 Å². The Bertz CT molecular complexity index is 2000. The van der Waals surface area contributed by atoms with Crippen LogP contribution in [-0.4, -0.2) is 72.7 Å². The number of aliphatic imine (C=N–C) groups is 1. The molecule has 0 spiro atoms. The van der Waals surface area contributed by atoms with Gasteiger partial charge in [-0.05, 0) is 49.5 Å².